The molecule has 2 aromatic carbocycles. The fourth-order valence-corrected chi connectivity index (χ4v) is 1.72. The second kappa shape index (κ2) is 4.33. The van der Waals surface area contributed by atoms with E-state index in [2.05, 4.69) is 6.07 Å². The number of methoxy groups -OCH3 is 2. The van der Waals surface area contributed by atoms with E-state index < -0.39 is 5.97 Å². The maximum Gasteiger partial charge on any atom is 0.336 e. The van der Waals surface area contributed by atoms with Crippen molar-refractivity contribution in [3.63, 3.8) is 0 Å². The average molecular weight is 231 g/mol. The Balaban J connectivity index is 2.78. The van der Waals surface area contributed by atoms with Crippen molar-refractivity contribution < 1.29 is 19.4 Å². The van der Waals surface area contributed by atoms with Crippen molar-refractivity contribution in [3.8, 4) is 11.5 Å². The van der Waals surface area contributed by atoms with Crippen LogP contribution < -0.4 is 9.47 Å². The van der Waals surface area contributed by atoms with Crippen LogP contribution in [0.15, 0.2) is 24.3 Å². The second-order valence-corrected chi connectivity index (χ2v) is 3.45. The molecule has 0 aromatic heterocycles. The third kappa shape index (κ3) is 1.89. The zero-order chi connectivity index (χ0) is 12.4. The molecule has 0 unspecified atom stereocenters. The van der Waals surface area contributed by atoms with E-state index >= 15 is 0 Å². The average Bonchev–Trinajstić information content (AvgIpc) is 2.35. The molecule has 0 saturated heterocycles. The van der Waals surface area contributed by atoms with Gasteiger partial charge in [-0.3, -0.25) is 0 Å². The van der Waals surface area contributed by atoms with E-state index in [0.29, 0.717) is 16.9 Å². The number of carbonyl (C=O) groups is 1. The minimum Gasteiger partial charge on any atom is -0.493 e. The predicted octanol–water partition coefficient (Wildman–Crippen LogP) is 2.36. The molecule has 0 saturated carbocycles. The van der Waals surface area contributed by atoms with Crippen molar-refractivity contribution >= 4 is 16.7 Å². The van der Waals surface area contributed by atoms with Crippen LogP contribution in [0.5, 0.6) is 11.5 Å². The number of hydrogen-bond donors (Lipinski definition) is 1. The quantitative estimate of drug-likeness (QED) is 0.880. The number of ether oxygens (including phenoxy) is 2. The first-order chi connectivity index (χ1) is 8.17. The summed E-state index contributed by atoms with van der Waals surface area (Å²) in [6.07, 6.45) is 0. The van der Waals surface area contributed by atoms with Crippen LogP contribution in [-0.2, 0) is 0 Å². The van der Waals surface area contributed by atoms with Gasteiger partial charge < -0.3 is 14.6 Å². The summed E-state index contributed by atoms with van der Waals surface area (Å²) < 4.78 is 10.3. The minimum atomic E-state index is -1.01. The molecule has 1 N–H and O–H groups in total. The summed E-state index contributed by atoms with van der Waals surface area (Å²) in [4.78, 5) is 11.1. The van der Waals surface area contributed by atoms with E-state index in [1.807, 2.05) is 0 Å². The third-order valence-electron chi connectivity index (χ3n) is 2.53. The van der Waals surface area contributed by atoms with Crippen LogP contribution >= 0.6 is 0 Å². The van der Waals surface area contributed by atoms with Crippen LogP contribution in [0.4, 0.5) is 0 Å². The largest absolute Gasteiger partial charge is 0.493 e. The van der Waals surface area contributed by atoms with Crippen LogP contribution in [0.2, 0.25) is 0 Å². The first-order valence-electron chi connectivity index (χ1n) is 4.97. The molecule has 0 heterocycles. The highest BCUT2D eigenvalue weighted by molar-refractivity contribution is 6.04. The molecule has 87 valence electrons. The number of benzene rings is 2. The normalized spacial score (nSPS) is 10.2. The number of hydrogen-bond acceptors (Lipinski definition) is 3. The Bertz CT molecular complexity index is 575. The summed E-state index contributed by atoms with van der Waals surface area (Å²) in [6, 6.07) is 9.46. The fraction of sp³-hybridized carbons (Fsp3) is 0.154. The van der Waals surface area contributed by atoms with Crippen LogP contribution in [-0.4, -0.2) is 25.3 Å². The molecular weight excluding hydrogens is 220 g/mol. The first kappa shape index (κ1) is 11.3. The second-order valence-electron chi connectivity index (χ2n) is 3.45. The lowest BCUT2D eigenvalue weighted by Gasteiger charge is -2.10. The predicted molar refractivity (Wildman–Crippen MR) is 62.8 cm³/mol. The topological polar surface area (TPSA) is 55.8 Å². The number of fused-ring (bicyclic) bond motifs is 1. The Kier molecular flexibility index (Phi) is 2.87. The zero-order valence-corrected chi connectivity index (χ0v) is 9.48. The third-order valence-corrected chi connectivity index (χ3v) is 2.53. The Morgan fingerprint density at radius 3 is 2.47 bits per heavy atom. The summed E-state index contributed by atoms with van der Waals surface area (Å²) >= 11 is 0. The SMILES string of the molecule is COc1cc2cc[c]c(C(=O)O)c2cc1OC. The van der Waals surface area contributed by atoms with E-state index in [-0.39, 0.29) is 5.56 Å². The van der Waals surface area contributed by atoms with Gasteiger partial charge in [-0.05, 0) is 23.6 Å². The van der Waals surface area contributed by atoms with Crippen LogP contribution in [0.1, 0.15) is 10.4 Å². The monoisotopic (exact) mass is 231 g/mol. The smallest absolute Gasteiger partial charge is 0.336 e. The van der Waals surface area contributed by atoms with E-state index in [4.69, 9.17) is 14.6 Å². The molecule has 0 aliphatic rings. The standard InChI is InChI=1S/C13H11O4/c1-16-11-6-8-4-3-5-9(13(14)15)10(8)7-12(11)17-2/h3-4,6-7H,1-2H3,(H,14,15). The zero-order valence-electron chi connectivity index (χ0n) is 9.48. The highest BCUT2D eigenvalue weighted by atomic mass is 16.5. The van der Waals surface area contributed by atoms with Crippen LogP contribution in [0.3, 0.4) is 0 Å². The fourth-order valence-electron chi connectivity index (χ4n) is 1.72. The molecule has 1 radical (unpaired) electrons. The van der Waals surface area contributed by atoms with Gasteiger partial charge in [0.1, 0.15) is 0 Å². The maximum atomic E-state index is 11.1. The Hall–Kier alpha value is -2.23. The molecule has 0 amide bonds. The van der Waals surface area contributed by atoms with Gasteiger partial charge in [-0.25, -0.2) is 4.79 Å². The van der Waals surface area contributed by atoms with Gasteiger partial charge in [-0.1, -0.05) is 12.1 Å². The number of rotatable bonds is 3. The minimum absolute atomic E-state index is 0.128. The molecule has 0 spiro atoms. The highest BCUT2D eigenvalue weighted by Crippen LogP contribution is 2.33. The summed E-state index contributed by atoms with van der Waals surface area (Å²) in [5, 5.41) is 10.4. The lowest BCUT2D eigenvalue weighted by atomic mass is 10.0. The van der Waals surface area contributed by atoms with Crippen LogP contribution in [0.25, 0.3) is 10.8 Å². The van der Waals surface area contributed by atoms with Gasteiger partial charge in [0, 0.05) is 5.39 Å². The Morgan fingerprint density at radius 1 is 1.24 bits per heavy atom. The molecular formula is C13H11O4. The molecule has 0 bridgehead atoms. The maximum absolute atomic E-state index is 11.1. The van der Waals surface area contributed by atoms with Crippen molar-refractivity contribution in [2.75, 3.05) is 14.2 Å². The summed E-state index contributed by atoms with van der Waals surface area (Å²) in [5.41, 5.74) is 0.128. The molecule has 17 heavy (non-hydrogen) atoms. The van der Waals surface area contributed by atoms with Gasteiger partial charge in [0.25, 0.3) is 0 Å². The lowest BCUT2D eigenvalue weighted by molar-refractivity contribution is 0.0698. The summed E-state index contributed by atoms with van der Waals surface area (Å²) in [6.45, 7) is 0. The van der Waals surface area contributed by atoms with Gasteiger partial charge in [-0.15, -0.1) is 0 Å². The van der Waals surface area contributed by atoms with E-state index in [0.717, 1.165) is 5.39 Å². The number of carboxylic acids is 1. The van der Waals surface area contributed by atoms with Gasteiger partial charge in [-0.2, -0.15) is 0 Å². The molecule has 2 aromatic rings. The van der Waals surface area contributed by atoms with Crippen molar-refractivity contribution in [1.29, 1.82) is 0 Å². The molecule has 0 aliphatic carbocycles. The molecule has 0 aliphatic heterocycles. The summed E-state index contributed by atoms with van der Waals surface area (Å²) in [7, 11) is 3.05. The first-order valence-corrected chi connectivity index (χ1v) is 4.97. The highest BCUT2D eigenvalue weighted by Gasteiger charge is 2.12. The molecule has 0 atom stereocenters. The van der Waals surface area contributed by atoms with Gasteiger partial charge in [0.15, 0.2) is 11.5 Å². The van der Waals surface area contributed by atoms with Crippen molar-refractivity contribution in [2.24, 2.45) is 0 Å². The Morgan fingerprint density at radius 2 is 1.88 bits per heavy atom. The Labute approximate surface area is 98.4 Å². The van der Waals surface area contributed by atoms with Gasteiger partial charge >= 0.3 is 5.97 Å². The van der Waals surface area contributed by atoms with E-state index in [1.54, 1.807) is 24.3 Å². The summed E-state index contributed by atoms with van der Waals surface area (Å²) in [5.74, 6) is 0.0625. The lowest BCUT2D eigenvalue weighted by Crippen LogP contribution is -1.98. The van der Waals surface area contributed by atoms with Gasteiger partial charge in [0.05, 0.1) is 19.8 Å². The van der Waals surface area contributed by atoms with Crippen molar-refractivity contribution in [3.05, 3.63) is 35.9 Å². The van der Waals surface area contributed by atoms with E-state index in [1.165, 1.54) is 14.2 Å². The number of carboxylic acid groups (broad SMARTS) is 1. The molecule has 4 nitrogen and oxygen atoms in total. The molecule has 0 fully saturated rings. The molecule has 2 rings (SSSR count). The van der Waals surface area contributed by atoms with Gasteiger partial charge in [0.2, 0.25) is 0 Å². The van der Waals surface area contributed by atoms with Crippen molar-refractivity contribution in [1.82, 2.24) is 0 Å². The van der Waals surface area contributed by atoms with Crippen molar-refractivity contribution in [2.45, 2.75) is 0 Å². The number of aromatic carboxylic acids is 1. The van der Waals surface area contributed by atoms with Crippen LogP contribution in [0, 0.1) is 6.07 Å². The van der Waals surface area contributed by atoms with E-state index in [9.17, 15) is 4.79 Å². The molecule has 4 heteroatoms.